The summed E-state index contributed by atoms with van der Waals surface area (Å²) in [5.41, 5.74) is 0.772. The lowest BCUT2D eigenvalue weighted by molar-refractivity contribution is -0.145. The number of ether oxygens (including phenoxy) is 2. The number of nitrogens with zero attached hydrogens (tertiary/aromatic N) is 5. The average molecular weight is 510 g/mol. The number of carbonyl (C=O) groups excluding carboxylic acids is 1. The van der Waals surface area contributed by atoms with Crippen LogP contribution in [0.5, 0.6) is 5.75 Å². The van der Waals surface area contributed by atoms with Gasteiger partial charge in [0.2, 0.25) is 17.7 Å². The quantitative estimate of drug-likeness (QED) is 0.603. The van der Waals surface area contributed by atoms with E-state index in [4.69, 9.17) is 9.47 Å². The lowest BCUT2D eigenvalue weighted by atomic mass is 9.89. The Morgan fingerprint density at radius 2 is 1.81 bits per heavy atom. The minimum absolute atomic E-state index is 0.0187. The zero-order valence-corrected chi connectivity index (χ0v) is 21.0. The number of halogens is 3. The number of hydrogen-bond acceptors (Lipinski definition) is 9. The number of carbonyl (C=O) groups is 1. The summed E-state index contributed by atoms with van der Waals surface area (Å²) in [5, 5.41) is 6.19. The van der Waals surface area contributed by atoms with Gasteiger partial charge in [0.05, 0.1) is 29.8 Å². The van der Waals surface area contributed by atoms with E-state index in [1.165, 1.54) is 0 Å². The smallest absolute Gasteiger partial charge is 0.451 e. The summed E-state index contributed by atoms with van der Waals surface area (Å²) >= 11 is 0. The van der Waals surface area contributed by atoms with E-state index in [0.29, 0.717) is 36.0 Å². The minimum Gasteiger partial charge on any atom is -0.487 e. The lowest BCUT2D eigenvalue weighted by Gasteiger charge is -2.40. The van der Waals surface area contributed by atoms with Gasteiger partial charge in [-0.15, -0.1) is 0 Å². The highest BCUT2D eigenvalue weighted by atomic mass is 19.4. The van der Waals surface area contributed by atoms with Crippen molar-refractivity contribution in [1.82, 2.24) is 19.9 Å². The van der Waals surface area contributed by atoms with Crippen LogP contribution in [0.3, 0.4) is 0 Å². The van der Waals surface area contributed by atoms with Crippen LogP contribution in [0.4, 0.5) is 30.6 Å². The molecule has 2 aliphatic rings. The van der Waals surface area contributed by atoms with Gasteiger partial charge in [0, 0.05) is 25.9 Å². The molecule has 2 aromatic heterocycles. The van der Waals surface area contributed by atoms with E-state index in [2.05, 4.69) is 30.6 Å². The molecule has 1 aliphatic carbocycles. The molecule has 0 bridgehead atoms. The summed E-state index contributed by atoms with van der Waals surface area (Å²) < 4.78 is 49.5. The van der Waals surface area contributed by atoms with E-state index in [-0.39, 0.29) is 29.9 Å². The van der Waals surface area contributed by atoms with Crippen molar-refractivity contribution in [1.29, 1.82) is 0 Å². The summed E-state index contributed by atoms with van der Waals surface area (Å²) in [6.07, 6.45) is -1.91. The second kappa shape index (κ2) is 9.34. The number of fused-ring (bicyclic) bond motifs is 1. The summed E-state index contributed by atoms with van der Waals surface area (Å²) in [5.74, 6) is -0.194. The van der Waals surface area contributed by atoms with Crippen molar-refractivity contribution in [3.8, 4) is 5.75 Å². The monoisotopic (exact) mass is 509 g/mol. The van der Waals surface area contributed by atoms with E-state index in [1.54, 1.807) is 14.0 Å². The first-order valence-electron chi connectivity index (χ1n) is 11.6. The summed E-state index contributed by atoms with van der Waals surface area (Å²) in [7, 11) is 1.81. The lowest BCUT2D eigenvalue weighted by Crippen LogP contribution is -2.54. The molecule has 3 heterocycles. The minimum atomic E-state index is -4.59. The number of rotatable bonds is 6. The van der Waals surface area contributed by atoms with E-state index >= 15 is 0 Å². The van der Waals surface area contributed by atoms with Crippen molar-refractivity contribution in [3.63, 3.8) is 0 Å². The van der Waals surface area contributed by atoms with Crippen molar-refractivity contribution in [2.45, 2.75) is 83.5 Å². The molecule has 2 aromatic rings. The van der Waals surface area contributed by atoms with Crippen molar-refractivity contribution < 1.29 is 27.4 Å². The Kier molecular flexibility index (Phi) is 6.71. The largest absolute Gasteiger partial charge is 0.487 e. The predicted molar refractivity (Wildman–Crippen MR) is 126 cm³/mol. The number of aromatic nitrogens is 4. The molecule has 0 aromatic carbocycles. The molecule has 4 rings (SSSR count). The third-order valence-corrected chi connectivity index (χ3v) is 5.94. The standard InChI is InChI=1S/C23H30F3N7O3/c1-11-16-18(33(6)17(19(34)31-16)12(2)36-22(3,4)5)32-21(29-11)30-13-7-14(8-13)35-15-9-27-20(28-10-15)23(24,25)26/h9-10,12-14,17H,7-8H2,1-6H3,(H,31,34)(H,29,30,32)/t12-,13?,14?,17+/m1/s1. The van der Waals surface area contributed by atoms with Crippen LogP contribution in [0.15, 0.2) is 12.4 Å². The first-order valence-corrected chi connectivity index (χ1v) is 11.6. The van der Waals surface area contributed by atoms with Crippen LogP contribution in [-0.2, 0) is 15.7 Å². The van der Waals surface area contributed by atoms with E-state index in [0.717, 1.165) is 12.4 Å². The maximum Gasteiger partial charge on any atom is 0.451 e. The van der Waals surface area contributed by atoms with E-state index < -0.39 is 23.6 Å². The molecule has 1 amide bonds. The van der Waals surface area contributed by atoms with Gasteiger partial charge in [-0.2, -0.15) is 18.2 Å². The van der Waals surface area contributed by atoms with Gasteiger partial charge in [-0.3, -0.25) is 4.79 Å². The number of likely N-dealkylation sites (N-methyl/N-ethyl adjacent to an activating group) is 1. The summed E-state index contributed by atoms with van der Waals surface area (Å²) in [6.45, 7) is 9.47. The van der Waals surface area contributed by atoms with Crippen LogP contribution in [0.2, 0.25) is 0 Å². The molecule has 196 valence electrons. The van der Waals surface area contributed by atoms with Crippen molar-refractivity contribution in [3.05, 3.63) is 23.9 Å². The van der Waals surface area contributed by atoms with Gasteiger partial charge in [-0.25, -0.2) is 15.0 Å². The first kappa shape index (κ1) is 25.9. The van der Waals surface area contributed by atoms with E-state index in [9.17, 15) is 18.0 Å². The van der Waals surface area contributed by atoms with Gasteiger partial charge in [0.25, 0.3) is 0 Å². The number of nitrogens with one attached hydrogen (secondary N) is 2. The van der Waals surface area contributed by atoms with Crippen LogP contribution >= 0.6 is 0 Å². The zero-order chi connectivity index (χ0) is 26.4. The number of hydrogen-bond donors (Lipinski definition) is 2. The topological polar surface area (TPSA) is 114 Å². The summed E-state index contributed by atoms with van der Waals surface area (Å²) in [6, 6.07) is -0.545. The molecule has 0 saturated heterocycles. The molecular formula is C23H30F3N7O3. The highest BCUT2D eigenvalue weighted by molar-refractivity contribution is 6.03. The molecule has 2 N–H and O–H groups in total. The average Bonchev–Trinajstić information content (AvgIpc) is 2.71. The molecule has 13 heteroatoms. The third-order valence-electron chi connectivity index (χ3n) is 5.94. The highest BCUT2D eigenvalue weighted by Gasteiger charge is 2.40. The van der Waals surface area contributed by atoms with Crippen LogP contribution in [0, 0.1) is 6.92 Å². The highest BCUT2D eigenvalue weighted by Crippen LogP contribution is 2.35. The number of alkyl halides is 3. The molecule has 1 fully saturated rings. The van der Waals surface area contributed by atoms with Crippen LogP contribution in [0.1, 0.15) is 52.1 Å². The Morgan fingerprint density at radius 3 is 2.39 bits per heavy atom. The second-order valence-corrected chi connectivity index (χ2v) is 10.1. The Hall–Kier alpha value is -3.22. The van der Waals surface area contributed by atoms with Gasteiger partial charge in [-0.1, -0.05) is 0 Å². The first-order chi connectivity index (χ1) is 16.7. The molecule has 0 unspecified atom stereocenters. The van der Waals surface area contributed by atoms with Crippen LogP contribution in [0.25, 0.3) is 0 Å². The fourth-order valence-corrected chi connectivity index (χ4v) is 4.36. The molecule has 0 radical (unpaired) electrons. The molecule has 2 atom stereocenters. The Morgan fingerprint density at radius 1 is 1.17 bits per heavy atom. The van der Waals surface area contributed by atoms with Crippen LogP contribution in [-0.4, -0.2) is 62.8 Å². The predicted octanol–water partition coefficient (Wildman–Crippen LogP) is 3.58. The van der Waals surface area contributed by atoms with Gasteiger partial charge < -0.3 is 25.0 Å². The Balaban J connectivity index is 1.39. The second-order valence-electron chi connectivity index (χ2n) is 10.1. The molecule has 0 spiro atoms. The molecule has 10 nitrogen and oxygen atoms in total. The number of anilines is 3. The van der Waals surface area contributed by atoms with Crippen molar-refractivity contribution >= 4 is 23.4 Å². The zero-order valence-electron chi connectivity index (χ0n) is 21.0. The van der Waals surface area contributed by atoms with Gasteiger partial charge >= 0.3 is 6.18 Å². The molecule has 1 saturated carbocycles. The Bertz CT molecular complexity index is 1120. The van der Waals surface area contributed by atoms with Gasteiger partial charge in [-0.05, 0) is 34.6 Å². The number of amides is 1. The maximum atomic E-state index is 12.8. The SMILES string of the molecule is Cc1nc(NC2CC(Oc3cnc(C(F)(F)F)nc3)C2)nc2c1NC(=O)[C@H]([C@@H](C)OC(C)(C)C)N2C. The van der Waals surface area contributed by atoms with E-state index in [1.807, 2.05) is 32.6 Å². The molecule has 36 heavy (non-hydrogen) atoms. The van der Waals surface area contributed by atoms with Gasteiger partial charge in [0.15, 0.2) is 11.6 Å². The maximum absolute atomic E-state index is 12.8. The normalized spacial score (nSPS) is 22.9. The summed E-state index contributed by atoms with van der Waals surface area (Å²) in [4.78, 5) is 30.4. The van der Waals surface area contributed by atoms with Crippen molar-refractivity contribution in [2.75, 3.05) is 22.6 Å². The van der Waals surface area contributed by atoms with Crippen LogP contribution < -0.4 is 20.3 Å². The molecular weight excluding hydrogens is 479 g/mol. The van der Waals surface area contributed by atoms with Crippen molar-refractivity contribution in [2.24, 2.45) is 0 Å². The third kappa shape index (κ3) is 5.61. The molecule has 1 aliphatic heterocycles. The fourth-order valence-electron chi connectivity index (χ4n) is 4.36. The Labute approximate surface area is 207 Å². The number of aryl methyl sites for hydroxylation is 1. The van der Waals surface area contributed by atoms with Gasteiger partial charge in [0.1, 0.15) is 17.8 Å². The fraction of sp³-hybridized carbons (Fsp3) is 0.609.